The third-order valence-electron chi connectivity index (χ3n) is 6.63. The number of hydrogen-bond acceptors (Lipinski definition) is 4. The van der Waals surface area contributed by atoms with Crippen LogP contribution in [0, 0.1) is 13.8 Å². The summed E-state index contributed by atoms with van der Waals surface area (Å²) in [4.78, 5) is 25.9. The lowest BCUT2D eigenvalue weighted by Crippen LogP contribution is -2.38. The summed E-state index contributed by atoms with van der Waals surface area (Å²) >= 11 is 11.3. The van der Waals surface area contributed by atoms with Gasteiger partial charge in [-0.1, -0.05) is 51.8 Å². The Bertz CT molecular complexity index is 1340. The van der Waals surface area contributed by atoms with Crippen molar-refractivity contribution in [2.24, 2.45) is 0 Å². The fourth-order valence-electron chi connectivity index (χ4n) is 4.55. The second kappa shape index (κ2) is 10.2. The predicted molar refractivity (Wildman–Crippen MR) is 145 cm³/mol. The molecule has 0 saturated carbocycles. The highest BCUT2D eigenvalue weighted by molar-refractivity contribution is 9.10. The van der Waals surface area contributed by atoms with Crippen LogP contribution in [0.2, 0.25) is 5.02 Å². The zero-order valence-electron chi connectivity index (χ0n) is 19.7. The third-order valence-corrected chi connectivity index (χ3v) is 8.54. The molecule has 1 fully saturated rings. The topological polar surface area (TPSA) is 51.0 Å². The first-order valence-electron chi connectivity index (χ1n) is 11.7. The van der Waals surface area contributed by atoms with Gasteiger partial charge in [-0.15, -0.1) is 11.3 Å². The number of carbonyl (C=O) groups excluding carboxylic acids is 1. The summed E-state index contributed by atoms with van der Waals surface area (Å²) in [6, 6.07) is 16.1. The maximum absolute atomic E-state index is 13.3. The van der Waals surface area contributed by atoms with E-state index in [9.17, 15) is 4.79 Å². The van der Waals surface area contributed by atoms with Crippen LogP contribution < -0.4 is 0 Å². The number of aryl methyl sites for hydroxylation is 1. The molecule has 5 rings (SSSR count). The van der Waals surface area contributed by atoms with Crippen molar-refractivity contribution in [3.8, 4) is 11.3 Å². The summed E-state index contributed by atoms with van der Waals surface area (Å²) < 4.78 is 3.09. The molecule has 3 heterocycles. The first-order chi connectivity index (χ1) is 16.9. The Balaban J connectivity index is 1.23. The first-order valence-corrected chi connectivity index (χ1v) is 13.7. The largest absolute Gasteiger partial charge is 0.337 e. The maximum atomic E-state index is 13.3. The molecule has 0 radical (unpaired) electrons. The molecule has 0 unspecified atom stereocenters. The fourth-order valence-corrected chi connectivity index (χ4v) is 6.05. The van der Waals surface area contributed by atoms with Gasteiger partial charge in [-0.05, 0) is 56.5 Å². The van der Waals surface area contributed by atoms with Gasteiger partial charge in [0.15, 0.2) is 0 Å². The standard InChI is InChI=1S/C27H26BrClN4OS/c1-17-24(30-16-33(17)15-19-3-9-23(29)10-4-19)27(34)32-13-11-21(12-14-32)26-31-25(18(2)35-26)20-5-7-22(28)8-6-20/h3-10,16,21H,11-15H2,1-2H3. The minimum Gasteiger partial charge on any atom is -0.337 e. The van der Waals surface area contributed by atoms with Gasteiger partial charge in [-0.25, -0.2) is 9.97 Å². The lowest BCUT2D eigenvalue weighted by Gasteiger charge is -2.30. The number of aromatic nitrogens is 3. The Morgan fingerprint density at radius 1 is 1.09 bits per heavy atom. The molecule has 1 aliphatic heterocycles. The molecule has 5 nitrogen and oxygen atoms in total. The summed E-state index contributed by atoms with van der Waals surface area (Å²) in [6.45, 7) is 6.21. The van der Waals surface area contributed by atoms with E-state index < -0.39 is 0 Å². The van der Waals surface area contributed by atoms with E-state index in [1.165, 1.54) is 9.88 Å². The molecule has 0 atom stereocenters. The summed E-state index contributed by atoms with van der Waals surface area (Å²) in [5, 5.41) is 1.89. The van der Waals surface area contributed by atoms with Crippen molar-refractivity contribution in [1.82, 2.24) is 19.4 Å². The van der Waals surface area contributed by atoms with Crippen LogP contribution in [0.4, 0.5) is 0 Å². The lowest BCUT2D eigenvalue weighted by atomic mass is 9.97. The van der Waals surface area contributed by atoms with Crippen LogP contribution in [0.5, 0.6) is 0 Å². The highest BCUT2D eigenvalue weighted by atomic mass is 79.9. The molecule has 1 amide bonds. The Morgan fingerprint density at radius 3 is 2.46 bits per heavy atom. The molecule has 0 aliphatic carbocycles. The Morgan fingerprint density at radius 2 is 1.77 bits per heavy atom. The van der Waals surface area contributed by atoms with Gasteiger partial charge in [-0.3, -0.25) is 4.79 Å². The Hall–Kier alpha value is -2.48. The van der Waals surface area contributed by atoms with Crippen molar-refractivity contribution in [2.45, 2.75) is 39.2 Å². The van der Waals surface area contributed by atoms with E-state index in [-0.39, 0.29) is 5.91 Å². The number of imidazole rings is 1. The van der Waals surface area contributed by atoms with Crippen LogP contribution in [-0.2, 0) is 6.54 Å². The number of hydrogen-bond donors (Lipinski definition) is 0. The number of carbonyl (C=O) groups is 1. The molecule has 0 spiro atoms. The Kier molecular flexibility index (Phi) is 7.09. The van der Waals surface area contributed by atoms with E-state index in [4.69, 9.17) is 16.6 Å². The Labute approximate surface area is 222 Å². The number of rotatable bonds is 5. The van der Waals surface area contributed by atoms with Gasteiger partial charge in [0.1, 0.15) is 5.69 Å². The van der Waals surface area contributed by atoms with Gasteiger partial charge < -0.3 is 9.47 Å². The monoisotopic (exact) mass is 568 g/mol. The van der Waals surface area contributed by atoms with Gasteiger partial charge >= 0.3 is 0 Å². The lowest BCUT2D eigenvalue weighted by molar-refractivity contribution is 0.0706. The number of nitrogens with zero attached hydrogens (tertiary/aromatic N) is 4. The van der Waals surface area contributed by atoms with Crippen molar-refractivity contribution in [1.29, 1.82) is 0 Å². The minimum atomic E-state index is 0.0154. The number of benzene rings is 2. The molecule has 35 heavy (non-hydrogen) atoms. The van der Waals surface area contributed by atoms with Crippen molar-refractivity contribution in [3.63, 3.8) is 0 Å². The van der Waals surface area contributed by atoms with E-state index in [0.717, 1.165) is 52.9 Å². The van der Waals surface area contributed by atoms with Gasteiger partial charge in [0, 0.05) is 51.2 Å². The van der Waals surface area contributed by atoms with Crippen LogP contribution >= 0.6 is 38.9 Å². The molecule has 8 heteroatoms. The van der Waals surface area contributed by atoms with Crippen molar-refractivity contribution in [2.75, 3.05) is 13.1 Å². The quantitative estimate of drug-likeness (QED) is 0.257. The van der Waals surface area contributed by atoms with Crippen molar-refractivity contribution in [3.05, 3.63) is 91.2 Å². The van der Waals surface area contributed by atoms with Crippen LogP contribution in [0.3, 0.4) is 0 Å². The van der Waals surface area contributed by atoms with Crippen LogP contribution in [0.25, 0.3) is 11.3 Å². The summed E-state index contributed by atoms with van der Waals surface area (Å²) in [7, 11) is 0. The van der Waals surface area contributed by atoms with Gasteiger partial charge in [-0.2, -0.15) is 0 Å². The molecule has 1 aliphatic rings. The molecule has 0 N–H and O–H groups in total. The van der Waals surface area contributed by atoms with E-state index in [0.29, 0.717) is 23.2 Å². The zero-order valence-corrected chi connectivity index (χ0v) is 22.8. The van der Waals surface area contributed by atoms with E-state index in [2.05, 4.69) is 52.1 Å². The molecule has 1 saturated heterocycles. The van der Waals surface area contributed by atoms with Gasteiger partial charge in [0.2, 0.25) is 0 Å². The predicted octanol–water partition coefficient (Wildman–Crippen LogP) is 7.11. The third kappa shape index (κ3) is 5.22. The fraction of sp³-hybridized carbons (Fsp3) is 0.296. The van der Waals surface area contributed by atoms with E-state index >= 15 is 0 Å². The van der Waals surface area contributed by atoms with E-state index in [1.807, 2.05) is 40.7 Å². The van der Waals surface area contributed by atoms with Gasteiger partial charge in [0.25, 0.3) is 5.91 Å². The highest BCUT2D eigenvalue weighted by Crippen LogP contribution is 2.36. The molecule has 2 aromatic carbocycles. The second-order valence-electron chi connectivity index (χ2n) is 8.96. The number of halogens is 2. The van der Waals surface area contributed by atoms with E-state index in [1.54, 1.807) is 17.7 Å². The van der Waals surface area contributed by atoms with Gasteiger partial charge in [0.05, 0.1) is 17.0 Å². The maximum Gasteiger partial charge on any atom is 0.274 e. The molecular formula is C27H26BrClN4OS. The van der Waals surface area contributed by atoms with Crippen molar-refractivity contribution < 1.29 is 4.79 Å². The molecule has 180 valence electrons. The van der Waals surface area contributed by atoms with Crippen molar-refractivity contribution >= 4 is 44.8 Å². The minimum absolute atomic E-state index is 0.0154. The zero-order chi connectivity index (χ0) is 24.5. The smallest absolute Gasteiger partial charge is 0.274 e. The average Bonchev–Trinajstić information content (AvgIpc) is 3.43. The molecular weight excluding hydrogens is 544 g/mol. The van der Waals surface area contributed by atoms with Crippen LogP contribution in [0.15, 0.2) is 59.3 Å². The number of piperidine rings is 1. The number of thiazole rings is 1. The highest BCUT2D eigenvalue weighted by Gasteiger charge is 2.29. The summed E-state index contributed by atoms with van der Waals surface area (Å²) in [6.07, 6.45) is 3.60. The molecule has 0 bridgehead atoms. The number of amides is 1. The van der Waals surface area contributed by atoms with Crippen LogP contribution in [-0.4, -0.2) is 38.4 Å². The van der Waals surface area contributed by atoms with Crippen LogP contribution in [0.1, 0.15) is 50.4 Å². The normalized spacial score (nSPS) is 14.5. The average molecular weight is 570 g/mol. The SMILES string of the molecule is Cc1sc(C2CCN(C(=O)c3ncn(Cc4ccc(Cl)cc4)c3C)CC2)nc1-c1ccc(Br)cc1. The number of likely N-dealkylation sites (tertiary alicyclic amines) is 1. The summed E-state index contributed by atoms with van der Waals surface area (Å²) in [5.41, 5.74) is 4.76. The molecule has 2 aromatic heterocycles. The molecule has 4 aromatic rings. The first kappa shape index (κ1) is 24.2. The second-order valence-corrected chi connectivity index (χ2v) is 11.6. The summed E-state index contributed by atoms with van der Waals surface area (Å²) in [5.74, 6) is 0.400.